The first kappa shape index (κ1) is 19.4. The number of hydrazine groups is 1. The summed E-state index contributed by atoms with van der Waals surface area (Å²) in [4.78, 5) is 19.1. The van der Waals surface area contributed by atoms with Gasteiger partial charge in [-0.1, -0.05) is 0 Å². The van der Waals surface area contributed by atoms with E-state index in [4.69, 9.17) is 9.47 Å². The van der Waals surface area contributed by atoms with E-state index in [1.165, 1.54) is 19.2 Å². The van der Waals surface area contributed by atoms with E-state index in [2.05, 4.69) is 21.2 Å². The second-order valence-corrected chi connectivity index (χ2v) is 7.08. The highest BCUT2D eigenvalue weighted by Gasteiger charge is 2.34. The van der Waals surface area contributed by atoms with Crippen LogP contribution in [0.3, 0.4) is 0 Å². The zero-order chi connectivity index (χ0) is 20.4. The van der Waals surface area contributed by atoms with Crippen molar-refractivity contribution in [3.63, 3.8) is 0 Å². The van der Waals surface area contributed by atoms with Crippen LogP contribution in [0.2, 0.25) is 0 Å². The number of methoxy groups -OCH3 is 2. The maximum absolute atomic E-state index is 13.7. The van der Waals surface area contributed by atoms with Crippen LogP contribution in [-0.4, -0.2) is 50.8 Å². The number of hydrogen-bond donors (Lipinski definition) is 3. The molecule has 1 aromatic heterocycles. The molecule has 154 valence electrons. The van der Waals surface area contributed by atoms with Crippen molar-refractivity contribution in [3.05, 3.63) is 41.7 Å². The number of benzene rings is 1. The SMILES string of the molecule is COc1cc(F)cc(NC2CCN(c3ccc(C4CNNC4)c(OC)n3)C2=O)c1. The zero-order valence-electron chi connectivity index (χ0n) is 16.4. The van der Waals surface area contributed by atoms with Crippen LogP contribution in [0.4, 0.5) is 15.9 Å². The molecule has 0 radical (unpaired) electrons. The highest BCUT2D eigenvalue weighted by Crippen LogP contribution is 2.31. The first-order chi connectivity index (χ1) is 14.1. The van der Waals surface area contributed by atoms with Crippen LogP contribution in [0.1, 0.15) is 17.9 Å². The van der Waals surface area contributed by atoms with Gasteiger partial charge in [-0.25, -0.2) is 4.39 Å². The van der Waals surface area contributed by atoms with E-state index in [1.54, 1.807) is 18.1 Å². The minimum absolute atomic E-state index is 0.111. The van der Waals surface area contributed by atoms with Crippen molar-refractivity contribution in [1.82, 2.24) is 15.8 Å². The average Bonchev–Trinajstić information content (AvgIpc) is 3.38. The van der Waals surface area contributed by atoms with E-state index in [9.17, 15) is 9.18 Å². The lowest BCUT2D eigenvalue weighted by atomic mass is 10.0. The summed E-state index contributed by atoms with van der Waals surface area (Å²) < 4.78 is 24.3. The van der Waals surface area contributed by atoms with Crippen molar-refractivity contribution >= 4 is 17.4 Å². The van der Waals surface area contributed by atoms with Gasteiger partial charge in [-0.05, 0) is 24.6 Å². The fourth-order valence-electron chi connectivity index (χ4n) is 3.76. The molecule has 1 aromatic carbocycles. The molecule has 2 aromatic rings. The number of ether oxygens (including phenoxy) is 2. The fraction of sp³-hybridized carbons (Fsp3) is 0.400. The van der Waals surface area contributed by atoms with Crippen molar-refractivity contribution in [2.24, 2.45) is 0 Å². The lowest BCUT2D eigenvalue weighted by Gasteiger charge is -2.19. The molecule has 4 rings (SSSR count). The smallest absolute Gasteiger partial charge is 0.250 e. The van der Waals surface area contributed by atoms with Gasteiger partial charge in [0.05, 0.1) is 14.2 Å². The molecule has 9 heteroatoms. The molecule has 2 aliphatic heterocycles. The zero-order valence-corrected chi connectivity index (χ0v) is 16.4. The normalized spacial score (nSPS) is 19.6. The molecule has 0 spiro atoms. The molecular formula is C20H24FN5O3. The molecule has 2 saturated heterocycles. The standard InChI is InChI=1S/C20H24FN5O3/c1-28-15-8-13(21)7-14(9-15)24-17-5-6-26(20(17)27)18-4-3-16(19(25-18)29-2)12-10-22-23-11-12/h3-4,7-9,12,17,22-24H,5-6,10-11H2,1-2H3. The van der Waals surface area contributed by atoms with Gasteiger partial charge in [-0.2, -0.15) is 4.98 Å². The summed E-state index contributed by atoms with van der Waals surface area (Å²) in [6.45, 7) is 2.11. The summed E-state index contributed by atoms with van der Waals surface area (Å²) >= 11 is 0. The summed E-state index contributed by atoms with van der Waals surface area (Å²) in [5.74, 6) is 1.20. The lowest BCUT2D eigenvalue weighted by Crippen LogP contribution is -2.34. The van der Waals surface area contributed by atoms with Crippen molar-refractivity contribution in [2.45, 2.75) is 18.4 Å². The topological polar surface area (TPSA) is 87.8 Å². The van der Waals surface area contributed by atoms with Crippen molar-refractivity contribution < 1.29 is 18.7 Å². The second-order valence-electron chi connectivity index (χ2n) is 7.08. The van der Waals surface area contributed by atoms with E-state index >= 15 is 0 Å². The Morgan fingerprint density at radius 1 is 1.17 bits per heavy atom. The Morgan fingerprint density at radius 3 is 2.69 bits per heavy atom. The van der Waals surface area contributed by atoms with Crippen LogP contribution >= 0.6 is 0 Å². The molecule has 3 heterocycles. The predicted molar refractivity (Wildman–Crippen MR) is 107 cm³/mol. The quantitative estimate of drug-likeness (QED) is 0.678. The van der Waals surface area contributed by atoms with Gasteiger partial charge < -0.3 is 14.8 Å². The van der Waals surface area contributed by atoms with Crippen molar-refractivity contribution in [1.29, 1.82) is 0 Å². The average molecular weight is 401 g/mol. The summed E-state index contributed by atoms with van der Waals surface area (Å²) in [6, 6.07) is 7.66. The summed E-state index contributed by atoms with van der Waals surface area (Å²) in [5.41, 5.74) is 7.70. The predicted octanol–water partition coefficient (Wildman–Crippen LogP) is 1.65. The number of pyridine rings is 1. The Morgan fingerprint density at radius 2 is 1.97 bits per heavy atom. The number of nitrogens with one attached hydrogen (secondary N) is 3. The van der Waals surface area contributed by atoms with Gasteiger partial charge in [-0.15, -0.1) is 0 Å². The van der Waals surface area contributed by atoms with Crippen molar-refractivity contribution in [2.75, 3.05) is 44.1 Å². The van der Waals surface area contributed by atoms with Crippen LogP contribution in [0, 0.1) is 5.82 Å². The molecule has 0 saturated carbocycles. The number of carbonyl (C=O) groups excluding carboxylic acids is 1. The van der Waals surface area contributed by atoms with Gasteiger partial charge in [-0.3, -0.25) is 20.5 Å². The minimum Gasteiger partial charge on any atom is -0.497 e. The number of nitrogens with zero attached hydrogens (tertiary/aromatic N) is 2. The molecule has 8 nitrogen and oxygen atoms in total. The van der Waals surface area contributed by atoms with E-state index < -0.39 is 11.9 Å². The molecule has 2 fully saturated rings. The fourth-order valence-corrected chi connectivity index (χ4v) is 3.76. The maximum Gasteiger partial charge on any atom is 0.250 e. The second kappa shape index (κ2) is 8.22. The molecular weight excluding hydrogens is 377 g/mol. The van der Waals surface area contributed by atoms with E-state index in [0.29, 0.717) is 36.1 Å². The third-order valence-electron chi connectivity index (χ3n) is 5.26. The summed E-state index contributed by atoms with van der Waals surface area (Å²) in [6.07, 6.45) is 0.583. The van der Waals surface area contributed by atoms with Crippen LogP contribution in [0.25, 0.3) is 0 Å². The number of amides is 1. The van der Waals surface area contributed by atoms with Gasteiger partial charge in [0.25, 0.3) is 5.91 Å². The molecule has 2 aliphatic rings. The number of aromatic nitrogens is 1. The monoisotopic (exact) mass is 401 g/mol. The van der Waals surface area contributed by atoms with Gasteiger partial charge in [0, 0.05) is 48.9 Å². The van der Waals surface area contributed by atoms with Crippen LogP contribution in [-0.2, 0) is 4.79 Å². The van der Waals surface area contributed by atoms with Crippen molar-refractivity contribution in [3.8, 4) is 11.6 Å². The first-order valence-corrected chi connectivity index (χ1v) is 9.52. The summed E-state index contributed by atoms with van der Waals surface area (Å²) in [5, 5.41) is 3.10. The number of anilines is 2. The molecule has 1 unspecified atom stereocenters. The Labute approximate surface area is 168 Å². The molecule has 1 amide bonds. The number of hydrogen-bond acceptors (Lipinski definition) is 7. The lowest BCUT2D eigenvalue weighted by molar-refractivity contribution is -0.117. The Bertz CT molecular complexity index is 904. The van der Waals surface area contributed by atoms with E-state index in [0.717, 1.165) is 18.7 Å². The Kier molecular flexibility index (Phi) is 5.50. The van der Waals surface area contributed by atoms with E-state index in [-0.39, 0.29) is 11.8 Å². The maximum atomic E-state index is 13.7. The van der Waals surface area contributed by atoms with Gasteiger partial charge in [0.15, 0.2) is 0 Å². The van der Waals surface area contributed by atoms with Gasteiger partial charge >= 0.3 is 0 Å². The highest BCUT2D eigenvalue weighted by atomic mass is 19.1. The van der Waals surface area contributed by atoms with Crippen LogP contribution < -0.4 is 30.5 Å². The molecule has 0 bridgehead atoms. The van der Waals surface area contributed by atoms with Gasteiger partial charge in [0.2, 0.25) is 5.88 Å². The molecule has 1 atom stereocenters. The van der Waals surface area contributed by atoms with E-state index in [1.807, 2.05) is 12.1 Å². The number of halogens is 1. The number of carbonyl (C=O) groups is 1. The van der Waals surface area contributed by atoms with Crippen LogP contribution in [0.15, 0.2) is 30.3 Å². The largest absolute Gasteiger partial charge is 0.497 e. The third-order valence-corrected chi connectivity index (χ3v) is 5.26. The highest BCUT2D eigenvalue weighted by molar-refractivity contribution is 6.00. The minimum atomic E-state index is -0.461. The summed E-state index contributed by atoms with van der Waals surface area (Å²) in [7, 11) is 3.06. The van der Waals surface area contributed by atoms with Gasteiger partial charge in [0.1, 0.15) is 23.4 Å². The molecule has 3 N–H and O–H groups in total. The third kappa shape index (κ3) is 3.96. The number of rotatable bonds is 6. The molecule has 29 heavy (non-hydrogen) atoms. The van der Waals surface area contributed by atoms with Crippen LogP contribution in [0.5, 0.6) is 11.6 Å². The molecule has 0 aliphatic carbocycles. The first-order valence-electron chi connectivity index (χ1n) is 9.52. The Balaban J connectivity index is 1.50. The Hall–Kier alpha value is -2.91.